The summed E-state index contributed by atoms with van der Waals surface area (Å²) in [5, 5.41) is 0.131. The summed E-state index contributed by atoms with van der Waals surface area (Å²) in [7, 11) is -0.999. The Bertz CT molecular complexity index is 508. The number of carbonyl (C=O) groups excluding carboxylic acids is 1. The summed E-state index contributed by atoms with van der Waals surface area (Å²) in [5.74, 6) is 2.78. The van der Waals surface area contributed by atoms with Gasteiger partial charge in [0.2, 0.25) is 0 Å². The minimum absolute atomic E-state index is 0.0000242. The fourth-order valence-electron chi connectivity index (χ4n) is 3.19. The average Bonchev–Trinajstić information content (AvgIpc) is 2.50. The fraction of sp³-hybridized carbons (Fsp3) is 0.667. The van der Waals surface area contributed by atoms with Gasteiger partial charge in [0, 0.05) is 5.56 Å². The number of hydrogen-bond acceptors (Lipinski definition) is 1. The van der Waals surface area contributed by atoms with Crippen molar-refractivity contribution in [1.82, 2.24) is 0 Å². The van der Waals surface area contributed by atoms with Gasteiger partial charge in [-0.2, -0.15) is 7.20 Å². The monoisotopic (exact) mass is 462 g/mol. The van der Waals surface area contributed by atoms with E-state index in [0.717, 1.165) is 5.56 Å². The van der Waals surface area contributed by atoms with E-state index in [-0.39, 0.29) is 10.7 Å². The molecule has 0 aromatic heterocycles. The maximum Gasteiger partial charge on any atom is 0.175 e. The van der Waals surface area contributed by atoms with Gasteiger partial charge in [-0.05, 0) is 57.9 Å². The predicted molar refractivity (Wildman–Crippen MR) is 120 cm³/mol. The van der Waals surface area contributed by atoms with Crippen molar-refractivity contribution in [3.05, 3.63) is 35.4 Å². The molecule has 138 valence electrons. The Labute approximate surface area is 163 Å². The normalized spacial score (nSPS) is 14.5. The summed E-state index contributed by atoms with van der Waals surface area (Å²) in [4.78, 5) is 13.5. The van der Waals surface area contributed by atoms with E-state index in [9.17, 15) is 4.79 Å². The second-order valence-corrected chi connectivity index (χ2v) is 16.2. The summed E-state index contributed by atoms with van der Waals surface area (Å²) < 4.78 is 0. The van der Waals surface area contributed by atoms with Crippen LogP contribution in [0.25, 0.3) is 0 Å². The van der Waals surface area contributed by atoms with Gasteiger partial charge in [0.25, 0.3) is 0 Å². The zero-order chi connectivity index (χ0) is 18.4. The van der Waals surface area contributed by atoms with Gasteiger partial charge in [-0.1, -0.05) is 77.3 Å². The van der Waals surface area contributed by atoms with Crippen LogP contribution >= 0.6 is 28.4 Å². The molecule has 0 radical (unpaired) electrons. The first kappa shape index (κ1) is 22.0. The van der Waals surface area contributed by atoms with Crippen molar-refractivity contribution >= 4 is 34.2 Å². The molecule has 0 spiro atoms. The highest BCUT2D eigenvalue weighted by atomic mass is 127. The molecular formula is C21H35IOS. The average molecular weight is 462 g/mol. The van der Waals surface area contributed by atoms with Crippen LogP contribution in [0.2, 0.25) is 0 Å². The van der Waals surface area contributed by atoms with Gasteiger partial charge in [0.05, 0.1) is 5.25 Å². The van der Waals surface area contributed by atoms with E-state index in [4.69, 9.17) is 0 Å². The second-order valence-electron chi connectivity index (χ2n) is 7.94. The molecule has 24 heavy (non-hydrogen) atoms. The zero-order valence-corrected chi connectivity index (χ0v) is 19.3. The molecule has 0 N–H and O–H groups in total. The van der Waals surface area contributed by atoms with Crippen LogP contribution in [0.15, 0.2) is 24.3 Å². The summed E-state index contributed by atoms with van der Waals surface area (Å²) >= 11 is 2.72. The lowest BCUT2D eigenvalue weighted by atomic mass is 9.87. The number of hydrogen-bond donors (Lipinski definition) is 0. The van der Waals surface area contributed by atoms with Crippen LogP contribution in [0.4, 0.5) is 0 Å². The van der Waals surface area contributed by atoms with E-state index in [2.05, 4.69) is 74.9 Å². The van der Waals surface area contributed by atoms with Gasteiger partial charge in [0.1, 0.15) is 0 Å². The summed E-state index contributed by atoms with van der Waals surface area (Å²) in [6.45, 7) is 13.3. The number of Topliss-reactive ketones (excluding diaryl/α,β-unsaturated/α-hetero) is 1. The quantitative estimate of drug-likeness (QED) is 0.277. The van der Waals surface area contributed by atoms with E-state index in [1.807, 2.05) is 12.1 Å². The van der Waals surface area contributed by atoms with Crippen LogP contribution < -0.4 is 0 Å². The third-order valence-electron chi connectivity index (χ3n) is 4.46. The third-order valence-corrected chi connectivity index (χ3v) is 12.3. The Morgan fingerprint density at radius 2 is 1.50 bits per heavy atom. The van der Waals surface area contributed by atoms with Gasteiger partial charge in [0.15, 0.2) is 5.78 Å². The van der Waals surface area contributed by atoms with Crippen molar-refractivity contribution in [2.24, 2.45) is 5.41 Å². The van der Waals surface area contributed by atoms with Crippen molar-refractivity contribution in [3.63, 3.8) is 0 Å². The number of ketones is 1. The van der Waals surface area contributed by atoms with Crippen LogP contribution in [0, 0.1) is 12.3 Å². The molecule has 1 aromatic carbocycles. The molecule has 1 aromatic rings. The Kier molecular flexibility index (Phi) is 8.81. The number of aryl methyl sites for hydroxylation is 1. The third kappa shape index (κ3) is 6.05. The highest BCUT2D eigenvalue weighted by Gasteiger charge is 2.43. The standard InChI is InChI=1S/C21H35IOS/c1-7-9-15-24(22,16-10-8-2)20(21(4,5)6)19(23)18-13-11-17(3)12-14-18/h11-14,20H,7-10,15-16H2,1-6H3. The maximum atomic E-state index is 13.5. The maximum absolute atomic E-state index is 13.5. The van der Waals surface area contributed by atoms with E-state index in [1.165, 1.54) is 42.8 Å². The van der Waals surface area contributed by atoms with E-state index < -0.39 is 7.20 Å². The second kappa shape index (κ2) is 9.61. The Balaban J connectivity index is 3.25. The first-order valence-electron chi connectivity index (χ1n) is 9.23. The van der Waals surface area contributed by atoms with Crippen LogP contribution in [0.3, 0.4) is 0 Å². The molecule has 0 aliphatic heterocycles. The number of unbranched alkanes of at least 4 members (excludes halogenated alkanes) is 2. The Morgan fingerprint density at radius 3 is 1.88 bits per heavy atom. The molecule has 0 saturated heterocycles. The van der Waals surface area contributed by atoms with Crippen LogP contribution in [-0.2, 0) is 0 Å². The minimum Gasteiger partial charge on any atom is -0.293 e. The molecule has 3 heteroatoms. The van der Waals surface area contributed by atoms with E-state index >= 15 is 0 Å². The molecule has 1 atom stereocenters. The van der Waals surface area contributed by atoms with Crippen LogP contribution in [0.1, 0.15) is 76.2 Å². The van der Waals surface area contributed by atoms with Gasteiger partial charge >= 0.3 is 0 Å². The van der Waals surface area contributed by atoms with Crippen molar-refractivity contribution < 1.29 is 4.79 Å². The molecule has 0 aliphatic rings. The smallest absolute Gasteiger partial charge is 0.175 e. The Morgan fingerprint density at radius 1 is 1.04 bits per heavy atom. The minimum atomic E-state index is -0.999. The highest BCUT2D eigenvalue weighted by molar-refractivity contribution is 14.2. The van der Waals surface area contributed by atoms with Crippen molar-refractivity contribution in [2.75, 3.05) is 11.5 Å². The van der Waals surface area contributed by atoms with Gasteiger partial charge in [-0.25, -0.2) is 0 Å². The number of carbonyl (C=O) groups is 1. The first-order valence-corrected chi connectivity index (χ1v) is 13.8. The number of benzene rings is 1. The number of rotatable bonds is 9. The molecule has 1 rings (SSSR count). The molecule has 0 fully saturated rings. The Hall–Kier alpha value is -0.0300. The fourth-order valence-corrected chi connectivity index (χ4v) is 12.0. The van der Waals surface area contributed by atoms with E-state index in [1.54, 1.807) is 0 Å². The van der Waals surface area contributed by atoms with Gasteiger partial charge in [-0.3, -0.25) is 4.79 Å². The summed E-state index contributed by atoms with van der Waals surface area (Å²) in [5.41, 5.74) is 2.10. The van der Waals surface area contributed by atoms with E-state index in [0.29, 0.717) is 5.78 Å². The number of halogens is 1. The predicted octanol–water partition coefficient (Wildman–Crippen LogP) is 7.35. The SMILES string of the molecule is CCCCS(I)(CCCC)C(C(=O)c1ccc(C)cc1)C(C)(C)C. The zero-order valence-electron chi connectivity index (χ0n) is 16.3. The lowest BCUT2D eigenvalue weighted by molar-refractivity contribution is 0.0949. The lowest BCUT2D eigenvalue weighted by Crippen LogP contribution is -2.39. The molecule has 1 nitrogen and oxygen atoms in total. The molecule has 0 bridgehead atoms. The molecule has 0 heterocycles. The van der Waals surface area contributed by atoms with Crippen molar-refractivity contribution in [1.29, 1.82) is 0 Å². The van der Waals surface area contributed by atoms with Crippen molar-refractivity contribution in [2.45, 2.75) is 72.5 Å². The molecule has 0 amide bonds. The topological polar surface area (TPSA) is 17.1 Å². The molecule has 0 aliphatic carbocycles. The summed E-state index contributed by atoms with van der Waals surface area (Å²) in [6, 6.07) is 8.17. The van der Waals surface area contributed by atoms with Gasteiger partial charge in [-0.15, -0.1) is 0 Å². The highest BCUT2D eigenvalue weighted by Crippen LogP contribution is 2.66. The summed E-state index contributed by atoms with van der Waals surface area (Å²) in [6.07, 6.45) is 4.88. The molecular weight excluding hydrogens is 427 g/mol. The van der Waals surface area contributed by atoms with Gasteiger partial charge < -0.3 is 0 Å². The lowest BCUT2D eigenvalue weighted by Gasteiger charge is -2.47. The first-order chi connectivity index (χ1) is 11.2. The largest absolute Gasteiger partial charge is 0.293 e. The van der Waals surface area contributed by atoms with Crippen molar-refractivity contribution in [3.8, 4) is 0 Å². The van der Waals surface area contributed by atoms with Crippen LogP contribution in [-0.4, -0.2) is 22.5 Å². The molecule has 0 saturated carbocycles. The van der Waals surface area contributed by atoms with Crippen LogP contribution in [0.5, 0.6) is 0 Å². The molecule has 1 unspecified atom stereocenters.